The number of unbranched alkanes of at least 4 members (excludes halogenated alkanes) is 1. The molecule has 0 N–H and O–H groups in total. The van der Waals surface area contributed by atoms with E-state index in [0.29, 0.717) is 12.8 Å². The predicted molar refractivity (Wildman–Crippen MR) is 29.9 cm³/mol. The molecule has 2 nitrogen and oxygen atoms in total. The molecule has 7 heavy (non-hydrogen) atoms. The second-order valence-electron chi connectivity index (χ2n) is 0.911. The van der Waals surface area contributed by atoms with Crippen molar-refractivity contribution >= 4 is 35.6 Å². The number of rotatable bonds is 3. The molecule has 0 rings (SSSR count). The van der Waals surface area contributed by atoms with Crippen LogP contribution in [0, 0.1) is 0 Å². The molecular weight excluding hydrogens is 104 g/mol. The van der Waals surface area contributed by atoms with Gasteiger partial charge >= 0.3 is 23.1 Å². The minimum absolute atomic E-state index is 0. The summed E-state index contributed by atoms with van der Waals surface area (Å²) in [5, 5.41) is 0. The normalized spacial score (nSPS) is 6.29. The van der Waals surface area contributed by atoms with E-state index in [2.05, 4.69) is 0 Å². The van der Waals surface area contributed by atoms with Crippen molar-refractivity contribution in [2.24, 2.45) is 0 Å². The molecule has 0 atom stereocenters. The van der Waals surface area contributed by atoms with Crippen LogP contribution in [0.1, 0.15) is 12.8 Å². The first-order valence-electron chi connectivity index (χ1n) is 1.79. The van der Waals surface area contributed by atoms with Crippen molar-refractivity contribution in [1.29, 1.82) is 0 Å². The van der Waals surface area contributed by atoms with Crippen LogP contribution >= 0.6 is 0 Å². The maximum Gasteiger partial charge on any atom is 0.316 e. The zero-order valence-electron chi connectivity index (χ0n) is 3.39. The highest BCUT2D eigenvalue weighted by molar-refractivity contribution is 5.75. The van der Waals surface area contributed by atoms with Gasteiger partial charge in [0.2, 0.25) is 0 Å². The molecule has 0 aliphatic heterocycles. The van der Waals surface area contributed by atoms with Gasteiger partial charge in [-0.3, -0.25) is 0 Å². The maximum atomic E-state index is 9.40. The monoisotopic (exact) mass is 112 g/mol. The molecular formula is C4H8MgO2. The van der Waals surface area contributed by atoms with Crippen LogP contribution in [0.2, 0.25) is 0 Å². The topological polar surface area (TPSA) is 34.1 Å². The SMILES string of the molecule is O=CCCC=O.[MgH2]. The fourth-order valence-corrected chi connectivity index (χ4v) is 0.136. The number of carbonyl (C=O) groups excluding carboxylic acids is 2. The minimum atomic E-state index is 0. The fourth-order valence-electron chi connectivity index (χ4n) is 0.136. The van der Waals surface area contributed by atoms with Gasteiger partial charge in [0.05, 0.1) is 0 Å². The average molecular weight is 112 g/mol. The standard InChI is InChI=1S/C4H6O2.Mg.2H/c5-3-1-2-4-6;;;/h3-4H,1-2H2;;;. The highest BCUT2D eigenvalue weighted by Crippen LogP contribution is 1.72. The molecule has 0 aliphatic rings. The Bertz CT molecular complexity index is 45.7. The van der Waals surface area contributed by atoms with Gasteiger partial charge in [-0.15, -0.1) is 0 Å². The van der Waals surface area contributed by atoms with Gasteiger partial charge in [-0.25, -0.2) is 0 Å². The first-order chi connectivity index (χ1) is 2.91. The Kier molecular flexibility index (Phi) is 13.7. The van der Waals surface area contributed by atoms with Gasteiger partial charge in [0.15, 0.2) is 0 Å². The van der Waals surface area contributed by atoms with E-state index in [4.69, 9.17) is 0 Å². The number of hydrogen-bond donors (Lipinski definition) is 0. The summed E-state index contributed by atoms with van der Waals surface area (Å²) in [6.45, 7) is 0. The summed E-state index contributed by atoms with van der Waals surface area (Å²) >= 11 is 0. The van der Waals surface area contributed by atoms with E-state index in [1.165, 1.54) is 0 Å². The predicted octanol–water partition coefficient (Wildman–Crippen LogP) is -0.752. The van der Waals surface area contributed by atoms with E-state index in [9.17, 15) is 9.59 Å². The van der Waals surface area contributed by atoms with Crippen LogP contribution in [0.3, 0.4) is 0 Å². The van der Waals surface area contributed by atoms with Crippen LogP contribution in [0.5, 0.6) is 0 Å². The summed E-state index contributed by atoms with van der Waals surface area (Å²) in [5.41, 5.74) is 0. The third kappa shape index (κ3) is 10.7. The van der Waals surface area contributed by atoms with Crippen molar-refractivity contribution < 1.29 is 9.59 Å². The van der Waals surface area contributed by atoms with Crippen molar-refractivity contribution in [1.82, 2.24) is 0 Å². The van der Waals surface area contributed by atoms with Gasteiger partial charge in [0.1, 0.15) is 12.6 Å². The quantitative estimate of drug-likeness (QED) is 0.273. The van der Waals surface area contributed by atoms with Crippen molar-refractivity contribution in [2.45, 2.75) is 12.8 Å². The third-order valence-corrected chi connectivity index (χ3v) is 0.402. The number of aldehydes is 2. The lowest BCUT2D eigenvalue weighted by Gasteiger charge is -1.68. The molecule has 0 aliphatic carbocycles. The Hall–Kier alpha value is 0.106. The van der Waals surface area contributed by atoms with E-state index >= 15 is 0 Å². The Morgan fingerprint density at radius 1 is 1.00 bits per heavy atom. The molecule has 0 radical (unpaired) electrons. The van der Waals surface area contributed by atoms with Crippen LogP contribution < -0.4 is 0 Å². The minimum Gasteiger partial charge on any atom is -0.303 e. The molecule has 0 fully saturated rings. The van der Waals surface area contributed by atoms with Crippen molar-refractivity contribution in [3.63, 3.8) is 0 Å². The molecule has 3 heteroatoms. The van der Waals surface area contributed by atoms with E-state index in [1.54, 1.807) is 0 Å². The Labute approximate surface area is 58.4 Å². The van der Waals surface area contributed by atoms with E-state index in [-0.39, 0.29) is 23.1 Å². The number of hydrogen-bond acceptors (Lipinski definition) is 2. The van der Waals surface area contributed by atoms with Gasteiger partial charge in [-0.2, -0.15) is 0 Å². The molecule has 38 valence electrons. The second-order valence-corrected chi connectivity index (χ2v) is 0.911. The summed E-state index contributed by atoms with van der Waals surface area (Å²) in [5.74, 6) is 0. The fraction of sp³-hybridized carbons (Fsp3) is 0.500. The van der Waals surface area contributed by atoms with E-state index < -0.39 is 0 Å². The lowest BCUT2D eigenvalue weighted by Crippen LogP contribution is -1.73. The van der Waals surface area contributed by atoms with Gasteiger partial charge < -0.3 is 9.59 Å². The third-order valence-electron chi connectivity index (χ3n) is 0.402. The van der Waals surface area contributed by atoms with Crippen LogP contribution in [-0.4, -0.2) is 35.6 Å². The Morgan fingerprint density at radius 2 is 1.29 bits per heavy atom. The zero-order chi connectivity index (χ0) is 4.83. The van der Waals surface area contributed by atoms with Gasteiger partial charge in [-0.05, 0) is 0 Å². The summed E-state index contributed by atoms with van der Waals surface area (Å²) in [4.78, 5) is 18.8. The highest BCUT2D eigenvalue weighted by Gasteiger charge is 1.74. The molecule has 0 amide bonds. The summed E-state index contributed by atoms with van der Waals surface area (Å²) < 4.78 is 0. The second kappa shape index (κ2) is 9.44. The van der Waals surface area contributed by atoms with Gasteiger partial charge in [-0.1, -0.05) is 0 Å². The van der Waals surface area contributed by atoms with Crippen LogP contribution in [0.25, 0.3) is 0 Å². The van der Waals surface area contributed by atoms with Gasteiger partial charge in [0.25, 0.3) is 0 Å². The molecule has 0 heterocycles. The molecule has 0 aromatic heterocycles. The van der Waals surface area contributed by atoms with Crippen molar-refractivity contribution in [2.75, 3.05) is 0 Å². The summed E-state index contributed by atoms with van der Waals surface area (Å²) in [6, 6.07) is 0. The number of carbonyl (C=O) groups is 2. The zero-order valence-corrected chi connectivity index (χ0v) is 3.39. The molecule has 0 saturated carbocycles. The molecule has 0 saturated heterocycles. The first kappa shape index (κ1) is 10.2. The van der Waals surface area contributed by atoms with Crippen LogP contribution in [0.4, 0.5) is 0 Å². The average Bonchev–Trinajstić information content (AvgIpc) is 1.61. The molecule has 0 spiro atoms. The van der Waals surface area contributed by atoms with Crippen molar-refractivity contribution in [3.05, 3.63) is 0 Å². The van der Waals surface area contributed by atoms with Crippen molar-refractivity contribution in [3.8, 4) is 0 Å². The Balaban J connectivity index is 0. The highest BCUT2D eigenvalue weighted by atomic mass is 24.3. The lowest BCUT2D eigenvalue weighted by atomic mass is 10.4. The molecule has 0 bridgehead atoms. The van der Waals surface area contributed by atoms with Crippen LogP contribution in [0.15, 0.2) is 0 Å². The maximum absolute atomic E-state index is 9.40. The molecule has 0 unspecified atom stereocenters. The summed E-state index contributed by atoms with van der Waals surface area (Å²) in [6.07, 6.45) is 2.19. The molecule has 0 aromatic rings. The smallest absolute Gasteiger partial charge is 0.303 e. The van der Waals surface area contributed by atoms with Gasteiger partial charge in [0, 0.05) is 12.8 Å². The lowest BCUT2D eigenvalue weighted by molar-refractivity contribution is -0.112. The van der Waals surface area contributed by atoms with E-state index in [1.807, 2.05) is 0 Å². The van der Waals surface area contributed by atoms with Crippen LogP contribution in [-0.2, 0) is 9.59 Å². The first-order valence-corrected chi connectivity index (χ1v) is 1.79. The largest absolute Gasteiger partial charge is 0.316 e. The Morgan fingerprint density at radius 3 is 1.43 bits per heavy atom. The summed E-state index contributed by atoms with van der Waals surface area (Å²) in [7, 11) is 0. The van der Waals surface area contributed by atoms with E-state index in [0.717, 1.165) is 12.6 Å². The molecule has 0 aromatic carbocycles.